The molecule has 4 heterocycles. The van der Waals surface area contributed by atoms with Crippen LogP contribution in [0.15, 0.2) is 48.8 Å². The number of aryl methyl sites for hydroxylation is 2. The van der Waals surface area contributed by atoms with Crippen molar-refractivity contribution in [3.8, 4) is 17.1 Å². The van der Waals surface area contributed by atoms with Crippen LogP contribution in [-0.4, -0.2) is 48.2 Å². The molecule has 35 heavy (non-hydrogen) atoms. The molecule has 0 unspecified atom stereocenters. The van der Waals surface area contributed by atoms with Crippen molar-refractivity contribution in [1.82, 2.24) is 15.0 Å². The summed E-state index contributed by atoms with van der Waals surface area (Å²) in [6.45, 7) is 3.82. The van der Waals surface area contributed by atoms with E-state index in [1.165, 1.54) is 53.6 Å². The summed E-state index contributed by atoms with van der Waals surface area (Å²) in [4.78, 5) is 22.1. The second-order valence-electron chi connectivity index (χ2n) is 9.38. The molecule has 6 rings (SSSR count). The van der Waals surface area contributed by atoms with Gasteiger partial charge in [0.05, 0.1) is 12.5 Å². The Morgan fingerprint density at radius 2 is 1.51 bits per heavy atom. The van der Waals surface area contributed by atoms with Crippen molar-refractivity contribution in [2.24, 2.45) is 0 Å². The van der Waals surface area contributed by atoms with Crippen LogP contribution in [0.3, 0.4) is 0 Å². The molecule has 0 saturated carbocycles. The van der Waals surface area contributed by atoms with Gasteiger partial charge in [-0.05, 0) is 67.6 Å². The third kappa shape index (κ3) is 4.45. The molecule has 6 nitrogen and oxygen atoms in total. The molecule has 0 spiro atoms. The fourth-order valence-electron chi connectivity index (χ4n) is 5.32. The normalized spacial score (nSPS) is 16.6. The van der Waals surface area contributed by atoms with Crippen LogP contribution in [0.25, 0.3) is 21.6 Å². The molecule has 1 aromatic carbocycles. The average Bonchev–Trinajstić information content (AvgIpc) is 3.25. The maximum absolute atomic E-state index is 5.33. The first kappa shape index (κ1) is 22.3. The van der Waals surface area contributed by atoms with Crippen molar-refractivity contribution in [2.75, 3.05) is 43.1 Å². The van der Waals surface area contributed by atoms with Crippen LogP contribution in [-0.2, 0) is 12.8 Å². The monoisotopic (exact) mass is 485 g/mol. The number of fused-ring (bicyclic) bond motifs is 3. The Morgan fingerprint density at radius 3 is 2.26 bits per heavy atom. The van der Waals surface area contributed by atoms with Gasteiger partial charge in [-0.15, -0.1) is 11.3 Å². The molecule has 0 N–H and O–H groups in total. The van der Waals surface area contributed by atoms with E-state index in [9.17, 15) is 0 Å². The summed E-state index contributed by atoms with van der Waals surface area (Å²) in [6, 6.07) is 12.4. The number of hydrogen-bond acceptors (Lipinski definition) is 7. The number of anilines is 2. The Morgan fingerprint density at radius 1 is 0.800 bits per heavy atom. The van der Waals surface area contributed by atoms with Gasteiger partial charge >= 0.3 is 0 Å². The van der Waals surface area contributed by atoms with Crippen molar-refractivity contribution in [3.05, 3.63) is 59.2 Å². The summed E-state index contributed by atoms with van der Waals surface area (Å²) in [7, 11) is 1.71. The van der Waals surface area contributed by atoms with Gasteiger partial charge < -0.3 is 14.5 Å². The summed E-state index contributed by atoms with van der Waals surface area (Å²) in [5.74, 6) is 2.82. The highest BCUT2D eigenvalue weighted by Crippen LogP contribution is 2.40. The number of methoxy groups -OCH3 is 1. The van der Waals surface area contributed by atoms with E-state index in [1.807, 2.05) is 48.0 Å². The van der Waals surface area contributed by atoms with Crippen molar-refractivity contribution in [1.29, 1.82) is 0 Å². The topological polar surface area (TPSA) is 54.4 Å². The van der Waals surface area contributed by atoms with Crippen LogP contribution in [0, 0.1) is 0 Å². The predicted molar refractivity (Wildman–Crippen MR) is 144 cm³/mol. The van der Waals surface area contributed by atoms with E-state index in [2.05, 4.69) is 26.9 Å². The maximum atomic E-state index is 5.33. The van der Waals surface area contributed by atoms with E-state index in [1.54, 1.807) is 7.11 Å². The Balaban J connectivity index is 1.36. The molecule has 7 heteroatoms. The highest BCUT2D eigenvalue weighted by molar-refractivity contribution is 7.19. The minimum Gasteiger partial charge on any atom is -0.497 e. The lowest BCUT2D eigenvalue weighted by atomic mass is 9.97. The average molecular weight is 486 g/mol. The molecule has 0 bridgehead atoms. The quantitative estimate of drug-likeness (QED) is 0.367. The van der Waals surface area contributed by atoms with Crippen LogP contribution < -0.4 is 14.5 Å². The van der Waals surface area contributed by atoms with Gasteiger partial charge in [0.2, 0.25) is 0 Å². The first-order chi connectivity index (χ1) is 17.3. The minimum atomic E-state index is 0.807. The third-order valence-corrected chi connectivity index (χ3v) is 8.44. The summed E-state index contributed by atoms with van der Waals surface area (Å²) < 4.78 is 5.33. The van der Waals surface area contributed by atoms with Crippen LogP contribution in [0.5, 0.6) is 5.75 Å². The molecule has 3 aromatic heterocycles. The molecule has 2 aliphatic rings. The number of piperazine rings is 1. The van der Waals surface area contributed by atoms with E-state index < -0.39 is 0 Å². The van der Waals surface area contributed by atoms with Gasteiger partial charge in [0.15, 0.2) is 5.82 Å². The first-order valence-electron chi connectivity index (χ1n) is 12.7. The van der Waals surface area contributed by atoms with Crippen molar-refractivity contribution in [3.63, 3.8) is 0 Å². The number of thiophene rings is 1. The zero-order chi connectivity index (χ0) is 23.6. The standard InChI is InChI=1S/C28H31N5OS/c1-34-22-10-8-21(9-11-22)32-16-18-33(19-17-32)27-25-23-6-4-2-3-5-7-24(23)35-28(25)31-26(30-27)20-12-14-29-15-13-20/h8-15H,2-7,16-19H2,1H3. The third-order valence-electron chi connectivity index (χ3n) is 7.25. The van der Waals surface area contributed by atoms with E-state index >= 15 is 0 Å². The summed E-state index contributed by atoms with van der Waals surface area (Å²) in [6.07, 6.45) is 11.2. The lowest BCUT2D eigenvalue weighted by Crippen LogP contribution is -2.47. The fourth-order valence-corrected chi connectivity index (χ4v) is 6.58. The number of rotatable bonds is 4. The van der Waals surface area contributed by atoms with Crippen molar-refractivity contribution >= 4 is 33.1 Å². The zero-order valence-corrected chi connectivity index (χ0v) is 21.1. The zero-order valence-electron chi connectivity index (χ0n) is 20.2. The Hall–Kier alpha value is -3.19. The molecule has 4 aromatic rings. The largest absolute Gasteiger partial charge is 0.497 e. The summed E-state index contributed by atoms with van der Waals surface area (Å²) in [5.41, 5.74) is 3.79. The van der Waals surface area contributed by atoms with E-state index in [4.69, 9.17) is 14.7 Å². The summed E-state index contributed by atoms with van der Waals surface area (Å²) in [5, 5.41) is 1.31. The first-order valence-corrected chi connectivity index (χ1v) is 13.5. The number of nitrogens with zero attached hydrogens (tertiary/aromatic N) is 5. The van der Waals surface area contributed by atoms with E-state index in [0.29, 0.717) is 0 Å². The van der Waals surface area contributed by atoms with Crippen molar-refractivity contribution in [2.45, 2.75) is 38.5 Å². The molecule has 1 aliphatic heterocycles. The van der Waals surface area contributed by atoms with Crippen LogP contribution in [0.2, 0.25) is 0 Å². The Labute approximate surface area is 210 Å². The fraction of sp³-hybridized carbons (Fsp3) is 0.393. The van der Waals surface area contributed by atoms with Gasteiger partial charge in [-0.3, -0.25) is 4.98 Å². The molecule has 1 saturated heterocycles. The van der Waals surface area contributed by atoms with Gasteiger partial charge in [0, 0.05) is 54.7 Å². The second kappa shape index (κ2) is 9.82. The SMILES string of the molecule is COc1ccc(N2CCN(c3nc(-c4ccncc4)nc4sc5c(c34)CCCCCC5)CC2)cc1. The van der Waals surface area contributed by atoms with Crippen LogP contribution in [0.1, 0.15) is 36.1 Å². The molecule has 1 aliphatic carbocycles. The number of aromatic nitrogens is 3. The second-order valence-corrected chi connectivity index (χ2v) is 10.5. The smallest absolute Gasteiger partial charge is 0.163 e. The molecule has 0 radical (unpaired) electrons. The van der Waals surface area contributed by atoms with Gasteiger partial charge in [-0.2, -0.15) is 0 Å². The molecular weight excluding hydrogens is 454 g/mol. The van der Waals surface area contributed by atoms with Gasteiger partial charge in [-0.25, -0.2) is 9.97 Å². The van der Waals surface area contributed by atoms with Crippen LogP contribution >= 0.6 is 11.3 Å². The number of hydrogen-bond donors (Lipinski definition) is 0. The van der Waals surface area contributed by atoms with Gasteiger partial charge in [0.25, 0.3) is 0 Å². The molecular formula is C28H31N5OS. The minimum absolute atomic E-state index is 0.807. The molecule has 0 amide bonds. The van der Waals surface area contributed by atoms with E-state index in [-0.39, 0.29) is 0 Å². The number of pyridine rings is 1. The highest BCUT2D eigenvalue weighted by atomic mass is 32.1. The van der Waals surface area contributed by atoms with Crippen molar-refractivity contribution < 1.29 is 4.74 Å². The highest BCUT2D eigenvalue weighted by Gasteiger charge is 2.26. The molecule has 1 fully saturated rings. The van der Waals surface area contributed by atoms with Gasteiger partial charge in [0.1, 0.15) is 16.4 Å². The lowest BCUT2D eigenvalue weighted by Gasteiger charge is -2.37. The molecule has 0 atom stereocenters. The van der Waals surface area contributed by atoms with E-state index in [0.717, 1.165) is 60.4 Å². The lowest BCUT2D eigenvalue weighted by molar-refractivity contribution is 0.415. The molecule has 180 valence electrons. The summed E-state index contributed by atoms with van der Waals surface area (Å²) >= 11 is 1.89. The number of benzene rings is 1. The Bertz CT molecular complexity index is 1300. The van der Waals surface area contributed by atoms with Gasteiger partial charge in [-0.1, -0.05) is 12.8 Å². The number of ether oxygens (including phenoxy) is 1. The van der Waals surface area contributed by atoms with Crippen LogP contribution in [0.4, 0.5) is 11.5 Å². The predicted octanol–water partition coefficient (Wildman–Crippen LogP) is 5.75. The maximum Gasteiger partial charge on any atom is 0.163 e. The Kier molecular flexibility index (Phi) is 6.25.